The minimum absolute atomic E-state index is 0.129. The average Bonchev–Trinajstić information content (AvgIpc) is 2.93. The van der Waals surface area contributed by atoms with Gasteiger partial charge in [0.25, 0.3) is 0 Å². The Bertz CT molecular complexity index is 1100. The third kappa shape index (κ3) is 3.99. The van der Waals surface area contributed by atoms with Gasteiger partial charge < -0.3 is 25.0 Å². The lowest BCUT2D eigenvalue weighted by Gasteiger charge is -2.59. The molecule has 2 aromatic rings. The van der Waals surface area contributed by atoms with Crippen LogP contribution in [-0.4, -0.2) is 43.3 Å². The van der Waals surface area contributed by atoms with Gasteiger partial charge in [-0.2, -0.15) is 0 Å². The van der Waals surface area contributed by atoms with Crippen molar-refractivity contribution in [3.05, 3.63) is 53.1 Å². The molecule has 6 nitrogen and oxygen atoms in total. The van der Waals surface area contributed by atoms with Gasteiger partial charge in [-0.1, -0.05) is 56.5 Å². The van der Waals surface area contributed by atoms with E-state index in [1.54, 1.807) is 0 Å². The van der Waals surface area contributed by atoms with Crippen molar-refractivity contribution < 1.29 is 14.3 Å². The van der Waals surface area contributed by atoms with Gasteiger partial charge in [0.15, 0.2) is 0 Å². The SMILES string of the molecule is CCCCOc1cc2c(c3c1NCCN3)C[C@H]1C3CCCC[C@@]23CCN1C(=O)OCc1ccccc1. The van der Waals surface area contributed by atoms with E-state index in [0.29, 0.717) is 12.5 Å². The highest BCUT2D eigenvalue weighted by molar-refractivity contribution is 5.83. The fraction of sp³-hybridized carbons (Fsp3) is 0.567. The minimum atomic E-state index is -0.161. The normalized spacial score (nSPS) is 26.0. The molecule has 4 aliphatic rings. The third-order valence-electron chi connectivity index (χ3n) is 9.03. The van der Waals surface area contributed by atoms with Gasteiger partial charge >= 0.3 is 6.09 Å². The summed E-state index contributed by atoms with van der Waals surface area (Å²) in [7, 11) is 0. The second kappa shape index (κ2) is 9.87. The summed E-state index contributed by atoms with van der Waals surface area (Å²) in [5, 5.41) is 7.34. The third-order valence-corrected chi connectivity index (χ3v) is 9.03. The van der Waals surface area contributed by atoms with E-state index in [9.17, 15) is 4.79 Å². The lowest BCUT2D eigenvalue weighted by Crippen LogP contribution is -2.62. The lowest BCUT2D eigenvalue weighted by atomic mass is 9.52. The van der Waals surface area contributed by atoms with Crippen LogP contribution < -0.4 is 15.4 Å². The van der Waals surface area contributed by atoms with Crippen molar-refractivity contribution in [3.8, 4) is 5.75 Å². The predicted molar refractivity (Wildman–Crippen MR) is 143 cm³/mol. The van der Waals surface area contributed by atoms with E-state index in [0.717, 1.165) is 68.9 Å². The minimum Gasteiger partial charge on any atom is -0.491 e. The van der Waals surface area contributed by atoms with Gasteiger partial charge in [0.1, 0.15) is 18.0 Å². The Morgan fingerprint density at radius 2 is 1.94 bits per heavy atom. The van der Waals surface area contributed by atoms with Crippen LogP contribution in [0.25, 0.3) is 0 Å². The van der Waals surface area contributed by atoms with Crippen LogP contribution in [0.5, 0.6) is 5.75 Å². The first-order valence-corrected chi connectivity index (χ1v) is 14.0. The summed E-state index contributed by atoms with van der Waals surface area (Å²) in [6.07, 6.45) is 8.81. The maximum Gasteiger partial charge on any atom is 0.410 e. The predicted octanol–water partition coefficient (Wildman–Crippen LogP) is 6.10. The number of ether oxygens (including phenoxy) is 2. The molecule has 2 heterocycles. The number of amides is 1. The highest BCUT2D eigenvalue weighted by Gasteiger charge is 2.56. The topological polar surface area (TPSA) is 62.8 Å². The molecule has 2 N–H and O–H groups in total. The van der Waals surface area contributed by atoms with E-state index >= 15 is 0 Å². The average molecular weight is 490 g/mol. The molecule has 1 amide bonds. The van der Waals surface area contributed by atoms with Crippen molar-refractivity contribution >= 4 is 17.5 Å². The Labute approximate surface area is 214 Å². The molecule has 2 aliphatic heterocycles. The fourth-order valence-electron chi connectivity index (χ4n) is 7.34. The maximum atomic E-state index is 13.4. The van der Waals surface area contributed by atoms with E-state index in [1.165, 1.54) is 42.5 Å². The van der Waals surface area contributed by atoms with Crippen LogP contribution in [0.15, 0.2) is 36.4 Å². The number of fused-ring (bicyclic) bond motifs is 3. The zero-order valence-electron chi connectivity index (χ0n) is 21.5. The molecule has 6 rings (SSSR count). The second-order valence-electron chi connectivity index (χ2n) is 11.0. The number of nitrogens with one attached hydrogen (secondary N) is 2. The molecule has 2 bridgehead atoms. The van der Waals surface area contributed by atoms with Gasteiger partial charge in [-0.3, -0.25) is 0 Å². The van der Waals surface area contributed by atoms with Crippen molar-refractivity contribution in [2.45, 2.75) is 76.4 Å². The van der Waals surface area contributed by atoms with E-state index in [-0.39, 0.29) is 17.6 Å². The first-order chi connectivity index (χ1) is 17.7. The lowest BCUT2D eigenvalue weighted by molar-refractivity contribution is -0.0136. The zero-order valence-corrected chi connectivity index (χ0v) is 21.5. The highest BCUT2D eigenvalue weighted by atomic mass is 16.6. The van der Waals surface area contributed by atoms with E-state index in [1.807, 2.05) is 30.3 Å². The Kier molecular flexibility index (Phi) is 6.44. The molecule has 3 atom stereocenters. The number of likely N-dealkylation sites (tertiary alicyclic amines) is 1. The quantitative estimate of drug-likeness (QED) is 0.480. The molecule has 36 heavy (non-hydrogen) atoms. The van der Waals surface area contributed by atoms with Gasteiger partial charge in [-0.05, 0) is 60.8 Å². The molecule has 2 fully saturated rings. The summed E-state index contributed by atoms with van der Waals surface area (Å²) in [5.41, 5.74) is 6.36. The molecule has 0 spiro atoms. The van der Waals surface area contributed by atoms with Crippen molar-refractivity contribution in [1.82, 2.24) is 4.90 Å². The molecular formula is C30H39N3O3. The van der Waals surface area contributed by atoms with Crippen molar-refractivity contribution in [3.63, 3.8) is 0 Å². The van der Waals surface area contributed by atoms with Gasteiger partial charge in [0, 0.05) is 31.1 Å². The first kappa shape index (κ1) is 23.5. The number of unbranched alkanes of at least 4 members (excludes halogenated alkanes) is 1. The van der Waals surface area contributed by atoms with Crippen molar-refractivity contribution in [2.24, 2.45) is 5.92 Å². The summed E-state index contributed by atoms with van der Waals surface area (Å²) in [6.45, 7) is 5.85. The number of benzene rings is 2. The fourth-order valence-corrected chi connectivity index (χ4v) is 7.34. The zero-order chi connectivity index (χ0) is 24.5. The molecule has 2 aliphatic carbocycles. The summed E-state index contributed by atoms with van der Waals surface area (Å²) in [6, 6.07) is 12.6. The van der Waals surface area contributed by atoms with Crippen LogP contribution in [0.4, 0.5) is 16.2 Å². The Balaban J connectivity index is 1.34. The number of nitrogens with zero attached hydrogens (tertiary/aromatic N) is 1. The molecule has 1 unspecified atom stereocenters. The Morgan fingerprint density at radius 3 is 2.78 bits per heavy atom. The summed E-state index contributed by atoms with van der Waals surface area (Å²) < 4.78 is 12.2. The molecule has 192 valence electrons. The van der Waals surface area contributed by atoms with Crippen LogP contribution >= 0.6 is 0 Å². The molecule has 1 saturated heterocycles. The first-order valence-electron chi connectivity index (χ1n) is 14.0. The monoisotopic (exact) mass is 489 g/mol. The van der Waals surface area contributed by atoms with Crippen LogP contribution in [0.1, 0.15) is 68.6 Å². The second-order valence-corrected chi connectivity index (χ2v) is 11.0. The Morgan fingerprint density at radius 1 is 1.11 bits per heavy atom. The summed E-state index contributed by atoms with van der Waals surface area (Å²) in [5.74, 6) is 1.49. The standard InChI is InChI=1S/C30H39N3O3/c1-2-3-17-35-26-19-24-22(27-28(26)32-15-14-31-27)18-25-23-11-7-8-12-30(23,24)13-16-33(25)29(34)36-20-21-9-5-4-6-10-21/h4-6,9-10,19,23,25,31-32H,2-3,7-8,11-18,20H2,1H3/t23?,25-,30-/m0/s1. The largest absolute Gasteiger partial charge is 0.491 e. The van der Waals surface area contributed by atoms with Gasteiger partial charge in [-0.25, -0.2) is 4.79 Å². The summed E-state index contributed by atoms with van der Waals surface area (Å²) >= 11 is 0. The number of carbonyl (C=O) groups excluding carboxylic acids is 1. The van der Waals surface area contributed by atoms with Crippen LogP contribution in [0.3, 0.4) is 0 Å². The number of anilines is 2. The summed E-state index contributed by atoms with van der Waals surface area (Å²) in [4.78, 5) is 15.5. The number of hydrogen-bond acceptors (Lipinski definition) is 5. The number of carbonyl (C=O) groups is 1. The van der Waals surface area contributed by atoms with Crippen molar-refractivity contribution in [1.29, 1.82) is 0 Å². The molecule has 2 aromatic carbocycles. The molecule has 0 radical (unpaired) electrons. The number of piperidine rings is 1. The molecule has 6 heteroatoms. The molecular weight excluding hydrogens is 450 g/mol. The molecule has 0 aromatic heterocycles. The molecule has 1 saturated carbocycles. The number of rotatable bonds is 6. The van der Waals surface area contributed by atoms with Gasteiger partial charge in [0.2, 0.25) is 0 Å². The number of hydrogen-bond donors (Lipinski definition) is 2. The smallest absolute Gasteiger partial charge is 0.410 e. The Hall–Kier alpha value is -2.89. The van der Waals surface area contributed by atoms with Gasteiger partial charge in [0.05, 0.1) is 12.3 Å². The highest BCUT2D eigenvalue weighted by Crippen LogP contribution is 2.59. The van der Waals surface area contributed by atoms with Gasteiger partial charge in [-0.15, -0.1) is 0 Å². The van der Waals surface area contributed by atoms with E-state index < -0.39 is 0 Å². The van der Waals surface area contributed by atoms with Crippen LogP contribution in [0, 0.1) is 5.92 Å². The van der Waals surface area contributed by atoms with E-state index in [2.05, 4.69) is 28.5 Å². The van der Waals surface area contributed by atoms with Crippen molar-refractivity contribution in [2.75, 3.05) is 36.9 Å². The van der Waals surface area contributed by atoms with E-state index in [4.69, 9.17) is 9.47 Å². The van der Waals surface area contributed by atoms with Crippen LogP contribution in [-0.2, 0) is 23.2 Å². The maximum absolute atomic E-state index is 13.4. The van der Waals surface area contributed by atoms with Crippen LogP contribution in [0.2, 0.25) is 0 Å².